The summed E-state index contributed by atoms with van der Waals surface area (Å²) < 4.78 is 10.6. The normalized spacial score (nSPS) is 32.7. The Bertz CT molecular complexity index is 502. The maximum Gasteiger partial charge on any atom is 0.229 e. The Morgan fingerprint density at radius 1 is 1.24 bits per heavy atom. The summed E-state index contributed by atoms with van der Waals surface area (Å²) in [5.41, 5.74) is 0.428. The fourth-order valence-electron chi connectivity index (χ4n) is 2.09. The summed E-state index contributed by atoms with van der Waals surface area (Å²) in [6.07, 6.45) is -6.72. The van der Waals surface area contributed by atoms with E-state index >= 15 is 0 Å². The molecule has 0 aliphatic carbocycles. The first-order chi connectivity index (χ1) is 9.93. The molecule has 5 atom stereocenters. The van der Waals surface area contributed by atoms with Crippen LogP contribution < -0.4 is 4.74 Å². The first-order valence-electron chi connectivity index (χ1n) is 6.52. The van der Waals surface area contributed by atoms with Crippen molar-refractivity contribution in [2.75, 3.05) is 6.61 Å². The molecule has 1 saturated heterocycles. The fraction of sp³-hybridized carbons (Fsp3) is 0.500. The van der Waals surface area contributed by atoms with E-state index in [9.17, 15) is 20.1 Å². The lowest BCUT2D eigenvalue weighted by molar-refractivity contribution is -0.277. The summed E-state index contributed by atoms with van der Waals surface area (Å²) in [5, 5.41) is 38.3. The van der Waals surface area contributed by atoms with Gasteiger partial charge in [-0.15, -0.1) is 0 Å². The summed E-state index contributed by atoms with van der Waals surface area (Å²) >= 11 is 0. The van der Waals surface area contributed by atoms with E-state index in [0.29, 0.717) is 5.56 Å². The number of hydrogen-bond donors (Lipinski definition) is 4. The van der Waals surface area contributed by atoms with Gasteiger partial charge in [0.2, 0.25) is 6.29 Å². The molecule has 1 fully saturated rings. The lowest BCUT2D eigenvalue weighted by atomic mass is 9.99. The smallest absolute Gasteiger partial charge is 0.229 e. The van der Waals surface area contributed by atoms with Crippen molar-refractivity contribution >= 4 is 5.78 Å². The zero-order valence-electron chi connectivity index (χ0n) is 11.4. The first kappa shape index (κ1) is 15.9. The molecule has 1 aromatic rings. The van der Waals surface area contributed by atoms with E-state index in [1.54, 1.807) is 18.2 Å². The van der Waals surface area contributed by atoms with E-state index in [1.807, 2.05) is 0 Å². The Labute approximate surface area is 121 Å². The van der Waals surface area contributed by atoms with Crippen molar-refractivity contribution in [3.8, 4) is 5.75 Å². The molecule has 1 aromatic carbocycles. The molecule has 0 amide bonds. The van der Waals surface area contributed by atoms with E-state index in [0.717, 1.165) is 0 Å². The summed E-state index contributed by atoms with van der Waals surface area (Å²) in [5.74, 6) is 0.126. The van der Waals surface area contributed by atoms with Crippen LogP contribution >= 0.6 is 0 Å². The number of hydrogen-bond acceptors (Lipinski definition) is 7. The monoisotopic (exact) mass is 298 g/mol. The Morgan fingerprint density at radius 2 is 1.95 bits per heavy atom. The molecule has 0 spiro atoms. The fourth-order valence-corrected chi connectivity index (χ4v) is 2.09. The van der Waals surface area contributed by atoms with Gasteiger partial charge in [-0.25, -0.2) is 0 Å². The van der Waals surface area contributed by atoms with Gasteiger partial charge in [0.15, 0.2) is 5.78 Å². The number of rotatable bonds is 4. The number of ether oxygens (including phenoxy) is 2. The quantitative estimate of drug-likeness (QED) is 0.530. The molecular weight excluding hydrogens is 280 g/mol. The van der Waals surface area contributed by atoms with Crippen LogP contribution in [0.25, 0.3) is 0 Å². The molecule has 0 unspecified atom stereocenters. The second kappa shape index (κ2) is 6.50. The third-order valence-electron chi connectivity index (χ3n) is 3.34. The third kappa shape index (κ3) is 3.39. The average Bonchev–Trinajstić information content (AvgIpc) is 2.48. The van der Waals surface area contributed by atoms with Crippen LogP contribution in [-0.4, -0.2) is 63.5 Å². The van der Waals surface area contributed by atoms with E-state index in [1.165, 1.54) is 13.0 Å². The van der Waals surface area contributed by atoms with Gasteiger partial charge >= 0.3 is 0 Å². The predicted molar refractivity (Wildman–Crippen MR) is 70.8 cm³/mol. The molecule has 1 aliphatic rings. The molecule has 1 aliphatic heterocycles. The van der Waals surface area contributed by atoms with Crippen molar-refractivity contribution in [3.05, 3.63) is 29.8 Å². The van der Waals surface area contributed by atoms with Gasteiger partial charge in [0.1, 0.15) is 30.2 Å². The molecule has 0 radical (unpaired) electrons. The molecule has 116 valence electrons. The van der Waals surface area contributed by atoms with Crippen LogP contribution in [0.2, 0.25) is 0 Å². The molecule has 1 heterocycles. The van der Waals surface area contributed by atoms with Crippen LogP contribution in [-0.2, 0) is 4.74 Å². The molecule has 0 saturated carbocycles. The highest BCUT2D eigenvalue weighted by Crippen LogP contribution is 2.24. The van der Waals surface area contributed by atoms with Gasteiger partial charge in [-0.1, -0.05) is 12.1 Å². The number of aliphatic hydroxyl groups excluding tert-OH is 4. The van der Waals surface area contributed by atoms with Gasteiger partial charge in [0, 0.05) is 5.56 Å². The minimum atomic E-state index is -1.50. The highest BCUT2D eigenvalue weighted by Gasteiger charge is 2.44. The summed E-state index contributed by atoms with van der Waals surface area (Å²) in [6.45, 7) is 0.880. The number of Topliss-reactive ketones (excluding diaryl/α,β-unsaturated/α-hetero) is 1. The molecule has 0 aromatic heterocycles. The Hall–Kier alpha value is -1.51. The highest BCUT2D eigenvalue weighted by atomic mass is 16.7. The number of ketones is 1. The van der Waals surface area contributed by atoms with Crippen LogP contribution in [0.3, 0.4) is 0 Å². The molecule has 4 N–H and O–H groups in total. The van der Waals surface area contributed by atoms with Crippen LogP contribution in [0.5, 0.6) is 5.75 Å². The third-order valence-corrected chi connectivity index (χ3v) is 3.34. The zero-order valence-corrected chi connectivity index (χ0v) is 11.4. The van der Waals surface area contributed by atoms with Gasteiger partial charge in [-0.05, 0) is 19.1 Å². The van der Waals surface area contributed by atoms with E-state index in [4.69, 9.17) is 14.6 Å². The lowest BCUT2D eigenvalue weighted by Gasteiger charge is -2.39. The number of benzene rings is 1. The largest absolute Gasteiger partial charge is 0.462 e. The second-order valence-corrected chi connectivity index (χ2v) is 4.90. The maximum atomic E-state index is 11.3. The van der Waals surface area contributed by atoms with Gasteiger partial charge in [-0.2, -0.15) is 0 Å². The Balaban J connectivity index is 2.14. The Kier molecular flexibility index (Phi) is 4.92. The van der Waals surface area contributed by atoms with Gasteiger partial charge in [0.05, 0.1) is 6.61 Å². The van der Waals surface area contributed by atoms with Crippen molar-refractivity contribution in [1.29, 1.82) is 0 Å². The SMILES string of the molecule is CC(=O)c1cccc(O[C@@H]2O[C@H](CO)[C@@H](O)[C@H](O)[C@H]2O)c1. The average molecular weight is 298 g/mol. The van der Waals surface area contributed by atoms with Crippen molar-refractivity contribution in [3.63, 3.8) is 0 Å². The number of carbonyl (C=O) groups excluding carboxylic acids is 1. The van der Waals surface area contributed by atoms with Crippen molar-refractivity contribution in [2.24, 2.45) is 0 Å². The molecular formula is C14H18O7. The maximum absolute atomic E-state index is 11.3. The van der Waals surface area contributed by atoms with Crippen molar-refractivity contribution in [1.82, 2.24) is 0 Å². The van der Waals surface area contributed by atoms with Crippen LogP contribution in [0, 0.1) is 0 Å². The molecule has 0 bridgehead atoms. The van der Waals surface area contributed by atoms with Crippen LogP contribution in [0.1, 0.15) is 17.3 Å². The molecule has 7 nitrogen and oxygen atoms in total. The molecule has 2 rings (SSSR count). The minimum absolute atomic E-state index is 0.144. The van der Waals surface area contributed by atoms with Gasteiger partial charge in [0.25, 0.3) is 0 Å². The van der Waals surface area contributed by atoms with E-state index < -0.39 is 37.3 Å². The summed E-state index contributed by atoms with van der Waals surface area (Å²) in [6, 6.07) is 6.26. The van der Waals surface area contributed by atoms with Crippen molar-refractivity contribution < 1.29 is 34.7 Å². The van der Waals surface area contributed by atoms with E-state index in [2.05, 4.69) is 0 Å². The molecule has 7 heteroatoms. The predicted octanol–water partition coefficient (Wildman–Crippen LogP) is -0.932. The number of carbonyl (C=O) groups is 1. The van der Waals surface area contributed by atoms with Gasteiger partial charge < -0.3 is 29.9 Å². The summed E-state index contributed by atoms with van der Waals surface area (Å²) in [7, 11) is 0. The van der Waals surface area contributed by atoms with Gasteiger partial charge in [-0.3, -0.25) is 4.79 Å². The standard InChI is InChI=1S/C14H18O7/c1-7(16)8-3-2-4-9(5-8)20-14-13(19)12(18)11(17)10(6-15)21-14/h2-5,10-15,17-19H,6H2,1H3/t10-,11-,12+,13-,14-/m1/s1. The molecule has 21 heavy (non-hydrogen) atoms. The number of aliphatic hydroxyl groups is 4. The van der Waals surface area contributed by atoms with Crippen LogP contribution in [0.4, 0.5) is 0 Å². The second-order valence-electron chi connectivity index (χ2n) is 4.90. The minimum Gasteiger partial charge on any atom is -0.462 e. The van der Waals surface area contributed by atoms with Crippen molar-refractivity contribution in [2.45, 2.75) is 37.6 Å². The Morgan fingerprint density at radius 3 is 2.57 bits per heavy atom. The zero-order chi connectivity index (χ0) is 15.6. The van der Waals surface area contributed by atoms with Crippen LogP contribution in [0.15, 0.2) is 24.3 Å². The lowest BCUT2D eigenvalue weighted by Crippen LogP contribution is -2.60. The van der Waals surface area contributed by atoms with E-state index in [-0.39, 0.29) is 11.5 Å². The topological polar surface area (TPSA) is 116 Å². The first-order valence-corrected chi connectivity index (χ1v) is 6.52. The highest BCUT2D eigenvalue weighted by molar-refractivity contribution is 5.94. The summed E-state index contributed by atoms with van der Waals surface area (Å²) in [4.78, 5) is 11.3.